The molecule has 0 aromatic rings. The van der Waals surface area contributed by atoms with Crippen molar-refractivity contribution in [3.8, 4) is 0 Å². The van der Waals surface area contributed by atoms with Gasteiger partial charge in [0.05, 0.1) is 0 Å². The van der Waals surface area contributed by atoms with Crippen molar-refractivity contribution in [3.63, 3.8) is 0 Å². The minimum Gasteiger partial charge on any atom is -0.300 e. The molecule has 1 heterocycles. The normalized spacial score (nSPS) is 20.8. The third-order valence-corrected chi connectivity index (χ3v) is 3.67. The molecule has 94 valence electrons. The summed E-state index contributed by atoms with van der Waals surface area (Å²) in [5.74, 6) is 0. The summed E-state index contributed by atoms with van der Waals surface area (Å²) >= 11 is 0. The van der Waals surface area contributed by atoms with E-state index < -0.39 is 0 Å². The first-order chi connectivity index (χ1) is 7.57. The Morgan fingerprint density at radius 2 is 1.62 bits per heavy atom. The summed E-state index contributed by atoms with van der Waals surface area (Å²) in [6.07, 6.45) is 5.67. The van der Waals surface area contributed by atoms with Crippen molar-refractivity contribution in [2.75, 3.05) is 39.3 Å². The minimum atomic E-state index is 0.478. The quantitative estimate of drug-likeness (QED) is 0.662. The number of hydrogen-bond donors (Lipinski definition) is 0. The van der Waals surface area contributed by atoms with E-state index in [4.69, 9.17) is 0 Å². The van der Waals surface area contributed by atoms with Gasteiger partial charge in [0.25, 0.3) is 0 Å². The molecule has 1 rings (SSSR count). The lowest BCUT2D eigenvalue weighted by Gasteiger charge is -2.38. The van der Waals surface area contributed by atoms with Gasteiger partial charge >= 0.3 is 0 Å². The van der Waals surface area contributed by atoms with E-state index in [-0.39, 0.29) is 0 Å². The van der Waals surface area contributed by atoms with Crippen LogP contribution in [0.2, 0.25) is 0 Å². The summed E-state index contributed by atoms with van der Waals surface area (Å²) in [5.41, 5.74) is 0.478. The van der Waals surface area contributed by atoms with Crippen molar-refractivity contribution in [2.45, 2.75) is 34.1 Å². The van der Waals surface area contributed by atoms with E-state index in [0.29, 0.717) is 5.41 Å². The number of hydrogen-bond acceptors (Lipinski definition) is 2. The lowest BCUT2D eigenvalue weighted by Crippen LogP contribution is -2.48. The van der Waals surface area contributed by atoms with Crippen LogP contribution >= 0.6 is 0 Å². The lowest BCUT2D eigenvalue weighted by molar-refractivity contribution is 0.102. The van der Waals surface area contributed by atoms with E-state index in [1.807, 2.05) is 0 Å². The molecular formula is C14H28N2. The number of rotatable bonds is 5. The molecule has 1 fully saturated rings. The molecule has 0 N–H and O–H groups in total. The van der Waals surface area contributed by atoms with Crippen molar-refractivity contribution < 1.29 is 0 Å². The van der Waals surface area contributed by atoms with Crippen LogP contribution in [0.1, 0.15) is 34.1 Å². The number of allylic oxidation sites excluding steroid dienone is 1. The monoisotopic (exact) mass is 224 g/mol. The third-order valence-electron chi connectivity index (χ3n) is 3.67. The molecule has 0 aromatic carbocycles. The Balaban J connectivity index is 2.26. The molecule has 0 saturated carbocycles. The lowest BCUT2D eigenvalue weighted by atomic mass is 9.89. The van der Waals surface area contributed by atoms with Gasteiger partial charge in [0.2, 0.25) is 0 Å². The molecule has 0 atom stereocenters. The molecule has 16 heavy (non-hydrogen) atoms. The van der Waals surface area contributed by atoms with Crippen molar-refractivity contribution in [3.05, 3.63) is 12.2 Å². The van der Waals surface area contributed by atoms with Gasteiger partial charge in [-0.3, -0.25) is 4.90 Å². The average molecular weight is 224 g/mol. The van der Waals surface area contributed by atoms with Gasteiger partial charge in [0, 0.05) is 39.3 Å². The highest BCUT2D eigenvalue weighted by Gasteiger charge is 2.22. The summed E-state index contributed by atoms with van der Waals surface area (Å²) in [5, 5.41) is 0. The maximum Gasteiger partial charge on any atom is 0.0164 e. The topological polar surface area (TPSA) is 6.48 Å². The Kier molecular flexibility index (Phi) is 5.50. The SMILES string of the molecule is CC=CCN1CCN(CC(C)(C)CC)CC1. The van der Waals surface area contributed by atoms with Gasteiger partial charge in [-0.1, -0.05) is 32.9 Å². The van der Waals surface area contributed by atoms with E-state index in [1.54, 1.807) is 0 Å². The molecule has 1 aliphatic heterocycles. The summed E-state index contributed by atoms with van der Waals surface area (Å²) in [7, 11) is 0. The summed E-state index contributed by atoms with van der Waals surface area (Å²) < 4.78 is 0. The highest BCUT2D eigenvalue weighted by molar-refractivity contribution is 4.84. The fourth-order valence-corrected chi connectivity index (χ4v) is 2.10. The Bertz CT molecular complexity index is 213. The highest BCUT2D eigenvalue weighted by Crippen LogP contribution is 2.21. The van der Waals surface area contributed by atoms with Gasteiger partial charge in [0.15, 0.2) is 0 Å². The van der Waals surface area contributed by atoms with Gasteiger partial charge in [-0.2, -0.15) is 0 Å². The average Bonchev–Trinajstić information content (AvgIpc) is 2.28. The third kappa shape index (κ3) is 4.67. The van der Waals surface area contributed by atoms with Crippen LogP contribution in [-0.2, 0) is 0 Å². The van der Waals surface area contributed by atoms with Gasteiger partial charge in [-0.25, -0.2) is 0 Å². The molecule has 2 heteroatoms. The summed E-state index contributed by atoms with van der Waals surface area (Å²) in [6.45, 7) is 16.4. The van der Waals surface area contributed by atoms with Crippen LogP contribution in [0, 0.1) is 5.41 Å². The molecule has 0 spiro atoms. The number of piperazine rings is 1. The van der Waals surface area contributed by atoms with E-state index in [0.717, 1.165) is 6.54 Å². The molecule has 0 radical (unpaired) electrons. The largest absolute Gasteiger partial charge is 0.300 e. The predicted octanol–water partition coefficient (Wildman–Crippen LogP) is 2.62. The Morgan fingerprint density at radius 3 is 2.12 bits per heavy atom. The first-order valence-electron chi connectivity index (χ1n) is 6.63. The van der Waals surface area contributed by atoms with Crippen molar-refractivity contribution in [1.82, 2.24) is 9.80 Å². The minimum absolute atomic E-state index is 0.478. The Labute approximate surface area is 101 Å². The van der Waals surface area contributed by atoms with Crippen molar-refractivity contribution in [2.24, 2.45) is 5.41 Å². The van der Waals surface area contributed by atoms with E-state index in [1.165, 1.54) is 39.1 Å². The standard InChI is InChI=1S/C14H28N2/c1-5-7-8-15-9-11-16(12-10-15)13-14(3,4)6-2/h5,7H,6,8-13H2,1-4H3. The zero-order valence-electron chi connectivity index (χ0n) is 11.5. The zero-order chi connectivity index (χ0) is 12.0. The molecule has 1 aliphatic rings. The van der Waals surface area contributed by atoms with Crippen LogP contribution in [-0.4, -0.2) is 49.1 Å². The van der Waals surface area contributed by atoms with Crippen molar-refractivity contribution in [1.29, 1.82) is 0 Å². The first kappa shape index (κ1) is 13.7. The molecule has 1 saturated heterocycles. The Hall–Kier alpha value is -0.340. The number of nitrogens with zero attached hydrogens (tertiary/aromatic N) is 2. The second-order valence-corrected chi connectivity index (χ2v) is 5.66. The van der Waals surface area contributed by atoms with Crippen LogP contribution in [0.5, 0.6) is 0 Å². The van der Waals surface area contributed by atoms with Crippen LogP contribution in [0.25, 0.3) is 0 Å². The van der Waals surface area contributed by atoms with Gasteiger partial charge in [-0.05, 0) is 18.8 Å². The summed E-state index contributed by atoms with van der Waals surface area (Å²) in [4.78, 5) is 5.16. The Morgan fingerprint density at radius 1 is 1.06 bits per heavy atom. The van der Waals surface area contributed by atoms with E-state index in [2.05, 4.69) is 49.6 Å². The van der Waals surface area contributed by atoms with Gasteiger partial charge < -0.3 is 4.90 Å². The van der Waals surface area contributed by atoms with Crippen LogP contribution < -0.4 is 0 Å². The molecule has 0 bridgehead atoms. The fourth-order valence-electron chi connectivity index (χ4n) is 2.10. The van der Waals surface area contributed by atoms with Crippen molar-refractivity contribution >= 4 is 0 Å². The first-order valence-corrected chi connectivity index (χ1v) is 6.63. The smallest absolute Gasteiger partial charge is 0.0164 e. The van der Waals surface area contributed by atoms with Gasteiger partial charge in [-0.15, -0.1) is 0 Å². The summed E-state index contributed by atoms with van der Waals surface area (Å²) in [6, 6.07) is 0. The fraction of sp³-hybridized carbons (Fsp3) is 0.857. The molecule has 0 aliphatic carbocycles. The second-order valence-electron chi connectivity index (χ2n) is 5.66. The zero-order valence-corrected chi connectivity index (χ0v) is 11.5. The molecule has 0 aromatic heterocycles. The highest BCUT2D eigenvalue weighted by atomic mass is 15.3. The van der Waals surface area contributed by atoms with E-state index >= 15 is 0 Å². The van der Waals surface area contributed by atoms with Crippen LogP contribution in [0.15, 0.2) is 12.2 Å². The maximum absolute atomic E-state index is 2.62. The molecule has 2 nitrogen and oxygen atoms in total. The molecular weight excluding hydrogens is 196 g/mol. The maximum atomic E-state index is 2.62. The van der Waals surface area contributed by atoms with E-state index in [9.17, 15) is 0 Å². The van der Waals surface area contributed by atoms with Gasteiger partial charge in [0.1, 0.15) is 0 Å². The van der Waals surface area contributed by atoms with Crippen LogP contribution in [0.3, 0.4) is 0 Å². The second kappa shape index (κ2) is 6.41. The predicted molar refractivity (Wildman–Crippen MR) is 71.8 cm³/mol. The molecule has 0 amide bonds. The molecule has 0 unspecified atom stereocenters. The van der Waals surface area contributed by atoms with Crippen LogP contribution in [0.4, 0.5) is 0 Å².